The number of hydrogen-bond donors (Lipinski definition) is 3. The van der Waals surface area contributed by atoms with E-state index in [1.807, 2.05) is 84.6 Å². The molecule has 116 heavy (non-hydrogen) atoms. The van der Waals surface area contributed by atoms with Gasteiger partial charge in [-0.25, -0.2) is 13.8 Å². The number of halogens is 2. The Bertz CT molecular complexity index is 5550. The maximum atomic E-state index is 12.7. The Morgan fingerprint density at radius 2 is 0.853 bits per heavy atom. The molecule has 3 N–H and O–H groups in total. The molecule has 23 heteroatoms. The summed E-state index contributed by atoms with van der Waals surface area (Å²) in [6.07, 6.45) is 2.20. The van der Waals surface area contributed by atoms with E-state index in [0.717, 1.165) is 198 Å². The second kappa shape index (κ2) is 36.2. The highest BCUT2D eigenvalue weighted by Gasteiger charge is 2.31. The molecule has 592 valence electrons. The van der Waals surface area contributed by atoms with Crippen molar-refractivity contribution in [3.63, 3.8) is 0 Å². The number of anilines is 3. The summed E-state index contributed by atoms with van der Waals surface area (Å²) < 4.78 is 65.6. The molecular weight excluding hydrogens is 1470 g/mol. The van der Waals surface area contributed by atoms with E-state index in [1.54, 1.807) is 11.1 Å². The van der Waals surface area contributed by atoms with Crippen LogP contribution >= 0.6 is 0 Å². The predicted molar refractivity (Wildman–Crippen MR) is 449 cm³/mol. The van der Waals surface area contributed by atoms with Crippen LogP contribution in [0, 0.1) is 34.0 Å². The number of likely N-dealkylation sites (tertiary alicyclic amines) is 2. The lowest BCUT2D eigenvalue weighted by atomic mass is 9.99. The quantitative estimate of drug-likeness (QED) is 0.0683. The molecule has 12 aromatic rings. The third kappa shape index (κ3) is 18.2. The maximum Gasteiger partial charge on any atom is 0.251 e. The van der Waals surface area contributed by atoms with Gasteiger partial charge in [0.15, 0.2) is 0 Å². The number of hydrogen-bond acceptors (Lipinski definition) is 17. The number of amides is 1. The summed E-state index contributed by atoms with van der Waals surface area (Å²) in [5, 5.41) is 32.9. The number of H-pyrrole nitrogens is 3. The van der Waals surface area contributed by atoms with Crippen LogP contribution in [0.4, 0.5) is 25.8 Å². The summed E-state index contributed by atoms with van der Waals surface area (Å²) in [7, 11) is 3.78. The predicted octanol–water partition coefficient (Wildman–Crippen LogP) is 15.8. The van der Waals surface area contributed by atoms with Crippen LogP contribution in [-0.4, -0.2) is 211 Å². The van der Waals surface area contributed by atoms with E-state index in [1.165, 1.54) is 17.1 Å². The standard InChI is InChI=1S/C33H35N5O3.C31H30F2N4O2.C29H28N4O3/c1-36(2)22-33(39)38-13-12-27(21-38)41-32-11-8-24(18-25(32)20-34)28-4-3-5-30-29(28)19-31(35-30)23-6-9-26(10-7-23)37-14-16-40-17-15-37;32-31(33)20-36-11-10-25(19-36)39-30-9-6-22(16-23(30)18-34)26-2-1-3-28-27(26)17-29(35-28)21-4-7-24(8-5-21)37-12-14-38-15-13-37;30-18-21-16-22(19-31-29(21)36-24-8-12-34-13-9-24)25-2-1-3-27-26(25)17-28(32-27)20-4-6-23(7-5-20)33-10-14-35-15-11-33/h3-11,18-19,27,35H,12-17,21-22H2,1-2H3;1-9,16-17,25,31,35H,10-15,19-20H2;1-7,16-17,19,24,32H,8-15H2/t27-;25-;/m11./s1. The zero-order chi connectivity index (χ0) is 79.4. The van der Waals surface area contributed by atoms with Crippen LogP contribution in [0.5, 0.6) is 17.4 Å². The number of nitrogens with zero attached hydrogens (tertiary/aromatic N) is 10. The van der Waals surface area contributed by atoms with Crippen molar-refractivity contribution in [1.82, 2.24) is 34.6 Å². The van der Waals surface area contributed by atoms with Gasteiger partial charge in [-0.2, -0.15) is 15.8 Å². The van der Waals surface area contributed by atoms with Crippen molar-refractivity contribution in [2.24, 2.45) is 0 Å². The van der Waals surface area contributed by atoms with Crippen LogP contribution in [0.15, 0.2) is 194 Å². The molecule has 10 heterocycles. The smallest absolute Gasteiger partial charge is 0.251 e. The number of morpholine rings is 3. The van der Waals surface area contributed by atoms with Crippen LogP contribution in [-0.2, 0) is 23.7 Å². The number of rotatable bonds is 19. The lowest BCUT2D eigenvalue weighted by Crippen LogP contribution is -2.37. The Hall–Kier alpha value is -12.1. The largest absolute Gasteiger partial charge is 0.488 e. The molecule has 2 atom stereocenters. The van der Waals surface area contributed by atoms with Crippen molar-refractivity contribution in [3.05, 3.63) is 211 Å². The van der Waals surface area contributed by atoms with Gasteiger partial charge in [0.2, 0.25) is 11.8 Å². The minimum Gasteiger partial charge on any atom is -0.488 e. The van der Waals surface area contributed by atoms with Crippen LogP contribution < -0.4 is 28.9 Å². The summed E-state index contributed by atoms with van der Waals surface area (Å²) in [6, 6.07) is 71.1. The molecule has 8 aromatic carbocycles. The molecule has 0 spiro atoms. The fraction of sp³-hybridized carbons (Fsp3) is 0.323. The molecule has 0 radical (unpaired) electrons. The Morgan fingerprint density at radius 1 is 0.457 bits per heavy atom. The topological polar surface area (TPSA) is 233 Å². The summed E-state index contributed by atoms with van der Waals surface area (Å²) in [4.78, 5) is 40.1. The highest BCUT2D eigenvalue weighted by Crippen LogP contribution is 2.40. The number of pyridine rings is 1. The first-order valence-corrected chi connectivity index (χ1v) is 40.0. The Labute approximate surface area is 673 Å². The lowest BCUT2D eigenvalue weighted by molar-refractivity contribution is -0.131. The van der Waals surface area contributed by atoms with E-state index >= 15 is 0 Å². The van der Waals surface area contributed by atoms with E-state index in [-0.39, 0.29) is 30.8 Å². The van der Waals surface area contributed by atoms with Gasteiger partial charge in [0.25, 0.3) is 6.43 Å². The SMILES string of the molecule is CN(C)CC(=O)N1CC[C@@H](Oc2ccc(-c3cccc4[nH]c(-c5ccc(N6CCOCC6)cc5)cc34)cc2C#N)C1.N#Cc1cc(-c2cccc3[nH]c(-c4ccc(N5CCOCC5)cc4)cc23)ccc1O[C@@H]1CCN(CC(F)F)C1.N#Cc1cc(-c2cccc3[nH]c(-c4ccc(N5CCOCC5)cc4)cc23)cnc1OC1CCOCC1. The molecule has 1 amide bonds. The fourth-order valence-electron chi connectivity index (χ4n) is 16.2. The highest BCUT2D eigenvalue weighted by molar-refractivity contribution is 6.01. The molecule has 21 nitrogen and oxygen atoms in total. The molecule has 6 fully saturated rings. The summed E-state index contributed by atoms with van der Waals surface area (Å²) in [6.45, 7) is 13.8. The van der Waals surface area contributed by atoms with Gasteiger partial charge in [0.05, 0.1) is 83.6 Å². The summed E-state index contributed by atoms with van der Waals surface area (Å²) in [5.74, 6) is 1.55. The molecule has 6 saturated heterocycles. The van der Waals surface area contributed by atoms with Gasteiger partial charge >= 0.3 is 0 Å². The minimum atomic E-state index is -2.36. The lowest BCUT2D eigenvalue weighted by Gasteiger charge is -2.28. The Kier molecular flexibility index (Phi) is 24.2. The third-order valence-electron chi connectivity index (χ3n) is 22.4. The van der Waals surface area contributed by atoms with Gasteiger partial charge in [-0.3, -0.25) is 9.69 Å². The van der Waals surface area contributed by atoms with Gasteiger partial charge in [0, 0.05) is 157 Å². The van der Waals surface area contributed by atoms with Gasteiger partial charge in [-0.15, -0.1) is 0 Å². The number of alkyl halides is 2. The number of aromatic amines is 3. The minimum absolute atomic E-state index is 0.0366. The molecule has 0 bridgehead atoms. The van der Waals surface area contributed by atoms with E-state index in [0.29, 0.717) is 86.4 Å². The van der Waals surface area contributed by atoms with Crippen molar-refractivity contribution >= 4 is 55.7 Å². The van der Waals surface area contributed by atoms with E-state index in [4.69, 9.17) is 33.2 Å². The number of nitriles is 3. The van der Waals surface area contributed by atoms with Gasteiger partial charge < -0.3 is 72.6 Å². The van der Waals surface area contributed by atoms with Gasteiger partial charge in [-0.05, 0) is 168 Å². The van der Waals surface area contributed by atoms with Crippen molar-refractivity contribution in [1.29, 1.82) is 15.8 Å². The number of nitrogens with one attached hydrogen (secondary N) is 3. The van der Waals surface area contributed by atoms with Crippen molar-refractivity contribution in [3.8, 4) is 103 Å². The fourth-order valence-corrected chi connectivity index (χ4v) is 16.2. The van der Waals surface area contributed by atoms with Crippen LogP contribution in [0.25, 0.3) is 99.9 Å². The first-order chi connectivity index (χ1) is 56.8. The molecule has 0 aliphatic carbocycles. The third-order valence-corrected chi connectivity index (χ3v) is 22.4. The van der Waals surface area contributed by atoms with Crippen molar-refractivity contribution < 1.29 is 46.7 Å². The molecule has 18 rings (SSSR count). The Balaban J connectivity index is 0.000000131. The van der Waals surface area contributed by atoms with Crippen molar-refractivity contribution in [2.75, 3.05) is 160 Å². The second-order valence-electron chi connectivity index (χ2n) is 30.3. The molecule has 0 unspecified atom stereocenters. The average molecular weight is 1560 g/mol. The van der Waals surface area contributed by atoms with E-state index in [2.05, 4.69) is 180 Å². The zero-order valence-corrected chi connectivity index (χ0v) is 65.2. The highest BCUT2D eigenvalue weighted by atomic mass is 19.3. The number of benzene rings is 8. The number of fused-ring (bicyclic) bond motifs is 3. The van der Waals surface area contributed by atoms with Gasteiger partial charge in [0.1, 0.15) is 53.6 Å². The summed E-state index contributed by atoms with van der Waals surface area (Å²) >= 11 is 0. The van der Waals surface area contributed by atoms with Crippen LogP contribution in [0.2, 0.25) is 0 Å². The first kappa shape index (κ1) is 77.8. The Morgan fingerprint density at radius 3 is 1.28 bits per heavy atom. The first-order valence-electron chi connectivity index (χ1n) is 40.0. The number of carbonyl (C=O) groups is 1. The normalized spacial score (nSPS) is 17.4. The van der Waals surface area contributed by atoms with Crippen LogP contribution in [0.3, 0.4) is 0 Å². The van der Waals surface area contributed by atoms with E-state index < -0.39 is 6.43 Å². The van der Waals surface area contributed by atoms with Gasteiger partial charge in [-0.1, -0.05) is 84.9 Å². The second-order valence-corrected chi connectivity index (χ2v) is 30.3. The average Bonchev–Trinajstić information content (AvgIpc) is 1.63. The number of likely N-dealkylation sites (N-methyl/N-ethyl adjacent to an activating group) is 1. The molecule has 4 aromatic heterocycles. The molecular formula is C93H93F2N13O8. The molecule has 6 aliphatic heterocycles. The summed E-state index contributed by atoms with van der Waals surface area (Å²) in [5.41, 5.74) is 20.5. The number of ether oxygens (including phenoxy) is 7. The van der Waals surface area contributed by atoms with Crippen molar-refractivity contribution in [2.45, 2.75) is 50.4 Å². The van der Waals surface area contributed by atoms with E-state index in [9.17, 15) is 29.4 Å². The van der Waals surface area contributed by atoms with Crippen LogP contribution in [0.1, 0.15) is 42.4 Å². The zero-order valence-electron chi connectivity index (χ0n) is 65.2. The number of carbonyl (C=O) groups excluding carboxylic acids is 1. The molecule has 0 saturated carbocycles. The monoisotopic (exact) mass is 1560 g/mol. The number of aromatic nitrogens is 4. The molecule has 6 aliphatic rings. The maximum absolute atomic E-state index is 12.7.